The third-order valence-corrected chi connectivity index (χ3v) is 4.09. The molecule has 0 aromatic carbocycles. The highest BCUT2D eigenvalue weighted by molar-refractivity contribution is 5.69. The van der Waals surface area contributed by atoms with Crippen molar-refractivity contribution in [2.75, 3.05) is 13.2 Å². The van der Waals surface area contributed by atoms with E-state index in [1.165, 1.54) is 44.9 Å². The Kier molecular flexibility index (Phi) is 8.06. The minimum absolute atomic E-state index is 0.0378. The van der Waals surface area contributed by atoms with Gasteiger partial charge in [0.1, 0.15) is 0 Å². The topological polar surface area (TPSA) is 52.3 Å². The van der Waals surface area contributed by atoms with Crippen LogP contribution in [0.2, 0.25) is 0 Å². The van der Waals surface area contributed by atoms with Crippen LogP contribution in [0.4, 0.5) is 0 Å². The Morgan fingerprint density at radius 1 is 1.11 bits per heavy atom. The van der Waals surface area contributed by atoms with Crippen LogP contribution in [0.1, 0.15) is 64.7 Å². The van der Waals surface area contributed by atoms with E-state index in [9.17, 15) is 4.79 Å². The first-order valence-electron chi connectivity index (χ1n) is 7.62. The molecule has 1 aliphatic rings. The summed E-state index contributed by atoms with van der Waals surface area (Å²) in [7, 11) is 0. The lowest BCUT2D eigenvalue weighted by Gasteiger charge is -2.28. The van der Waals surface area contributed by atoms with Crippen LogP contribution < -0.4 is 5.73 Å². The van der Waals surface area contributed by atoms with E-state index in [0.717, 1.165) is 24.8 Å². The van der Waals surface area contributed by atoms with E-state index in [1.807, 2.05) is 6.92 Å². The lowest BCUT2D eigenvalue weighted by molar-refractivity contribution is -0.143. The second kappa shape index (κ2) is 9.37. The van der Waals surface area contributed by atoms with Gasteiger partial charge in [0, 0.05) is 6.42 Å². The molecule has 0 aromatic heterocycles. The summed E-state index contributed by atoms with van der Waals surface area (Å²) in [6, 6.07) is 0. The SMILES string of the molecule is CCOC(=O)CCCCC1CCC(CCN)CC1. The number of nitrogens with two attached hydrogens (primary N) is 1. The second-order valence-corrected chi connectivity index (χ2v) is 5.51. The molecule has 1 rings (SSSR count). The van der Waals surface area contributed by atoms with Crippen molar-refractivity contribution in [3.05, 3.63) is 0 Å². The highest BCUT2D eigenvalue weighted by atomic mass is 16.5. The third-order valence-electron chi connectivity index (χ3n) is 4.09. The number of hydrogen-bond acceptors (Lipinski definition) is 3. The number of unbranched alkanes of at least 4 members (excludes halogenated alkanes) is 1. The van der Waals surface area contributed by atoms with E-state index in [4.69, 9.17) is 10.5 Å². The summed E-state index contributed by atoms with van der Waals surface area (Å²) in [5.74, 6) is 1.73. The average molecular weight is 255 g/mol. The average Bonchev–Trinajstić information content (AvgIpc) is 2.37. The minimum Gasteiger partial charge on any atom is -0.466 e. The van der Waals surface area contributed by atoms with Gasteiger partial charge in [-0.25, -0.2) is 0 Å². The van der Waals surface area contributed by atoms with Crippen molar-refractivity contribution in [1.29, 1.82) is 0 Å². The normalized spacial score (nSPS) is 23.9. The first kappa shape index (κ1) is 15.5. The molecule has 0 spiro atoms. The second-order valence-electron chi connectivity index (χ2n) is 5.51. The van der Waals surface area contributed by atoms with Crippen molar-refractivity contribution in [2.24, 2.45) is 17.6 Å². The number of esters is 1. The first-order chi connectivity index (χ1) is 8.76. The van der Waals surface area contributed by atoms with Gasteiger partial charge in [0.2, 0.25) is 0 Å². The largest absolute Gasteiger partial charge is 0.466 e. The van der Waals surface area contributed by atoms with Crippen LogP contribution in [-0.2, 0) is 9.53 Å². The monoisotopic (exact) mass is 255 g/mol. The molecule has 0 aromatic rings. The van der Waals surface area contributed by atoms with Crippen molar-refractivity contribution in [2.45, 2.75) is 64.7 Å². The van der Waals surface area contributed by atoms with Gasteiger partial charge in [0.05, 0.1) is 6.61 Å². The fraction of sp³-hybridized carbons (Fsp3) is 0.933. The molecule has 106 valence electrons. The van der Waals surface area contributed by atoms with E-state index in [0.29, 0.717) is 13.0 Å². The van der Waals surface area contributed by atoms with Gasteiger partial charge in [-0.3, -0.25) is 4.79 Å². The number of carbonyl (C=O) groups excluding carboxylic acids is 1. The van der Waals surface area contributed by atoms with Crippen LogP contribution in [0.15, 0.2) is 0 Å². The quantitative estimate of drug-likeness (QED) is 0.535. The van der Waals surface area contributed by atoms with Gasteiger partial charge in [-0.15, -0.1) is 0 Å². The highest BCUT2D eigenvalue weighted by Gasteiger charge is 2.20. The van der Waals surface area contributed by atoms with Crippen molar-refractivity contribution in [1.82, 2.24) is 0 Å². The predicted molar refractivity (Wildman–Crippen MR) is 74.2 cm³/mol. The van der Waals surface area contributed by atoms with Gasteiger partial charge in [-0.2, -0.15) is 0 Å². The molecule has 2 N–H and O–H groups in total. The lowest BCUT2D eigenvalue weighted by atomic mass is 9.78. The molecule has 3 heteroatoms. The summed E-state index contributed by atoms with van der Waals surface area (Å²) in [5.41, 5.74) is 5.60. The van der Waals surface area contributed by atoms with Gasteiger partial charge in [-0.1, -0.05) is 38.5 Å². The molecule has 0 atom stereocenters. The maximum absolute atomic E-state index is 11.2. The van der Waals surface area contributed by atoms with Gasteiger partial charge in [0.25, 0.3) is 0 Å². The predicted octanol–water partition coefficient (Wildman–Crippen LogP) is 3.27. The molecular weight excluding hydrogens is 226 g/mol. The number of rotatable bonds is 8. The van der Waals surface area contributed by atoms with E-state index in [-0.39, 0.29) is 5.97 Å². The molecule has 1 fully saturated rings. The summed E-state index contributed by atoms with van der Waals surface area (Å²) in [6.45, 7) is 3.20. The van der Waals surface area contributed by atoms with Gasteiger partial charge in [0.15, 0.2) is 0 Å². The molecule has 0 heterocycles. The van der Waals surface area contributed by atoms with Crippen LogP contribution in [0.25, 0.3) is 0 Å². The molecule has 1 aliphatic carbocycles. The van der Waals surface area contributed by atoms with Crippen molar-refractivity contribution in [3.63, 3.8) is 0 Å². The fourth-order valence-electron chi connectivity index (χ4n) is 2.98. The van der Waals surface area contributed by atoms with Crippen LogP contribution >= 0.6 is 0 Å². The zero-order chi connectivity index (χ0) is 13.2. The molecule has 0 radical (unpaired) electrons. The molecule has 0 bridgehead atoms. The zero-order valence-electron chi connectivity index (χ0n) is 11.8. The number of carbonyl (C=O) groups is 1. The van der Waals surface area contributed by atoms with Gasteiger partial charge >= 0.3 is 5.97 Å². The van der Waals surface area contributed by atoms with E-state index >= 15 is 0 Å². The van der Waals surface area contributed by atoms with Crippen molar-refractivity contribution < 1.29 is 9.53 Å². The van der Waals surface area contributed by atoms with Crippen molar-refractivity contribution in [3.8, 4) is 0 Å². The van der Waals surface area contributed by atoms with E-state index in [1.54, 1.807) is 0 Å². The Morgan fingerprint density at radius 2 is 1.72 bits per heavy atom. The highest BCUT2D eigenvalue weighted by Crippen LogP contribution is 2.33. The number of hydrogen-bond donors (Lipinski definition) is 1. The number of ether oxygens (including phenoxy) is 1. The Hall–Kier alpha value is -0.570. The van der Waals surface area contributed by atoms with Crippen molar-refractivity contribution >= 4 is 5.97 Å². The molecule has 18 heavy (non-hydrogen) atoms. The molecule has 0 unspecified atom stereocenters. The minimum atomic E-state index is -0.0378. The first-order valence-corrected chi connectivity index (χ1v) is 7.62. The summed E-state index contributed by atoms with van der Waals surface area (Å²) in [4.78, 5) is 11.2. The zero-order valence-corrected chi connectivity index (χ0v) is 11.8. The summed E-state index contributed by atoms with van der Waals surface area (Å²) in [6.07, 6.45) is 10.7. The fourth-order valence-corrected chi connectivity index (χ4v) is 2.98. The van der Waals surface area contributed by atoms with Crippen LogP contribution in [0.5, 0.6) is 0 Å². The van der Waals surface area contributed by atoms with Gasteiger partial charge in [-0.05, 0) is 38.1 Å². The summed E-state index contributed by atoms with van der Waals surface area (Å²) < 4.78 is 4.92. The Labute approximate surface area is 111 Å². The van der Waals surface area contributed by atoms with Crippen LogP contribution in [0.3, 0.4) is 0 Å². The van der Waals surface area contributed by atoms with E-state index < -0.39 is 0 Å². The molecule has 3 nitrogen and oxygen atoms in total. The molecule has 1 saturated carbocycles. The summed E-state index contributed by atoms with van der Waals surface area (Å²) in [5, 5.41) is 0. The molecule has 0 amide bonds. The lowest BCUT2D eigenvalue weighted by Crippen LogP contribution is -2.17. The Bertz CT molecular complexity index is 223. The van der Waals surface area contributed by atoms with E-state index in [2.05, 4.69) is 0 Å². The smallest absolute Gasteiger partial charge is 0.305 e. The van der Waals surface area contributed by atoms with Crippen LogP contribution in [-0.4, -0.2) is 19.1 Å². The molecular formula is C15H29NO2. The standard InChI is InChI=1S/C15H29NO2/c1-2-18-15(17)6-4-3-5-13-7-9-14(10-8-13)11-12-16/h13-14H,2-12,16H2,1H3. The van der Waals surface area contributed by atoms with Gasteiger partial charge < -0.3 is 10.5 Å². The maximum atomic E-state index is 11.2. The van der Waals surface area contributed by atoms with Crippen LogP contribution in [0, 0.1) is 11.8 Å². The molecule has 0 saturated heterocycles. The summed E-state index contributed by atoms with van der Waals surface area (Å²) >= 11 is 0. The Morgan fingerprint density at radius 3 is 2.28 bits per heavy atom. The third kappa shape index (κ3) is 6.39. The molecule has 0 aliphatic heterocycles. The Balaban J connectivity index is 1.99. The maximum Gasteiger partial charge on any atom is 0.305 e.